The Labute approximate surface area is 228 Å². The summed E-state index contributed by atoms with van der Waals surface area (Å²) in [5, 5.41) is 1.07. The van der Waals surface area contributed by atoms with Crippen LogP contribution in [0.25, 0.3) is 10.9 Å². The van der Waals surface area contributed by atoms with Crippen molar-refractivity contribution in [1.29, 1.82) is 0 Å². The van der Waals surface area contributed by atoms with Gasteiger partial charge in [0.15, 0.2) is 0 Å². The maximum atomic E-state index is 14.2. The summed E-state index contributed by atoms with van der Waals surface area (Å²) >= 11 is 3.61. The minimum atomic E-state index is -0.258. The fraction of sp³-hybridized carbons (Fsp3) is 0.467. The van der Waals surface area contributed by atoms with Gasteiger partial charge in [-0.15, -0.1) is 0 Å². The highest BCUT2D eigenvalue weighted by Gasteiger charge is 2.44. The second-order valence-electron chi connectivity index (χ2n) is 10.7. The van der Waals surface area contributed by atoms with E-state index in [0.29, 0.717) is 13.0 Å². The molecule has 6 nitrogen and oxygen atoms in total. The largest absolute Gasteiger partial charge is 0.361 e. The average molecular weight is 566 g/mol. The number of hydrogen-bond donors (Lipinski definition) is 1. The molecule has 2 aromatic carbocycles. The van der Waals surface area contributed by atoms with E-state index in [4.69, 9.17) is 0 Å². The summed E-state index contributed by atoms with van der Waals surface area (Å²) in [6.07, 6.45) is 5.88. The summed E-state index contributed by atoms with van der Waals surface area (Å²) in [5.41, 5.74) is 3.31. The fourth-order valence-corrected chi connectivity index (χ4v) is 6.92. The van der Waals surface area contributed by atoms with E-state index in [2.05, 4.69) is 81.2 Å². The third-order valence-electron chi connectivity index (χ3n) is 8.63. The van der Waals surface area contributed by atoms with Gasteiger partial charge in [-0.3, -0.25) is 14.5 Å². The molecule has 2 saturated heterocycles. The molecule has 2 aliphatic rings. The lowest BCUT2D eigenvalue weighted by molar-refractivity contribution is -0.147. The van der Waals surface area contributed by atoms with Crippen LogP contribution in [0.3, 0.4) is 0 Å². The van der Waals surface area contributed by atoms with Gasteiger partial charge < -0.3 is 14.8 Å². The molecule has 7 heteroatoms. The highest BCUT2D eigenvalue weighted by atomic mass is 79.9. The first-order chi connectivity index (χ1) is 17.9. The SMILES string of the molecule is CCC(=O)N1CCCC(C(=O)N2CCC(c3ccccc3)(N(C)C)CC2)C1c1c[nH]c2ccc(Br)cc12. The molecule has 196 valence electrons. The zero-order chi connectivity index (χ0) is 26.2. The summed E-state index contributed by atoms with van der Waals surface area (Å²) in [4.78, 5) is 37.0. The van der Waals surface area contributed by atoms with Crippen LogP contribution in [0.1, 0.15) is 56.2 Å². The first-order valence-corrected chi connectivity index (χ1v) is 14.2. The molecule has 1 N–H and O–H groups in total. The lowest BCUT2D eigenvalue weighted by Crippen LogP contribution is -2.54. The van der Waals surface area contributed by atoms with Crippen LogP contribution < -0.4 is 0 Å². The molecule has 0 bridgehead atoms. The fourth-order valence-electron chi connectivity index (χ4n) is 6.55. The van der Waals surface area contributed by atoms with Crippen molar-refractivity contribution in [1.82, 2.24) is 19.7 Å². The zero-order valence-electron chi connectivity index (χ0n) is 22.0. The minimum absolute atomic E-state index is 0.0721. The molecule has 3 heterocycles. The molecule has 2 aliphatic heterocycles. The van der Waals surface area contributed by atoms with Crippen LogP contribution in [0.15, 0.2) is 59.2 Å². The van der Waals surface area contributed by atoms with Crippen LogP contribution in [0, 0.1) is 5.92 Å². The Morgan fingerprint density at radius 3 is 2.49 bits per heavy atom. The molecule has 0 saturated carbocycles. The summed E-state index contributed by atoms with van der Waals surface area (Å²) in [6, 6.07) is 16.6. The van der Waals surface area contributed by atoms with Crippen molar-refractivity contribution in [2.45, 2.75) is 50.6 Å². The number of piperidine rings is 2. The predicted molar refractivity (Wildman–Crippen MR) is 151 cm³/mol. The van der Waals surface area contributed by atoms with Crippen molar-refractivity contribution in [3.05, 3.63) is 70.3 Å². The number of fused-ring (bicyclic) bond motifs is 1. The Balaban J connectivity index is 1.45. The van der Waals surface area contributed by atoms with Crippen LogP contribution in [0.2, 0.25) is 0 Å². The van der Waals surface area contributed by atoms with E-state index in [1.165, 1.54) is 5.56 Å². The topological polar surface area (TPSA) is 59.7 Å². The third kappa shape index (κ3) is 4.72. The Morgan fingerprint density at radius 2 is 1.81 bits per heavy atom. The van der Waals surface area contributed by atoms with Gasteiger partial charge in [0.25, 0.3) is 0 Å². The molecule has 2 fully saturated rings. The average Bonchev–Trinajstić information content (AvgIpc) is 3.34. The van der Waals surface area contributed by atoms with Crippen molar-refractivity contribution in [3.8, 4) is 0 Å². The van der Waals surface area contributed by atoms with E-state index >= 15 is 0 Å². The molecule has 2 atom stereocenters. The van der Waals surface area contributed by atoms with Crippen molar-refractivity contribution in [3.63, 3.8) is 0 Å². The van der Waals surface area contributed by atoms with Gasteiger partial charge >= 0.3 is 0 Å². The normalized spacial score (nSPS) is 22.0. The van der Waals surface area contributed by atoms with Crippen molar-refractivity contribution in [2.75, 3.05) is 33.7 Å². The Bertz CT molecular complexity index is 1260. The minimum Gasteiger partial charge on any atom is -0.361 e. The Morgan fingerprint density at radius 1 is 1.08 bits per heavy atom. The molecule has 5 rings (SSSR count). The van der Waals surface area contributed by atoms with Crippen LogP contribution in [-0.4, -0.2) is 65.2 Å². The number of likely N-dealkylation sites (tertiary alicyclic amines) is 2. The number of carbonyl (C=O) groups excluding carboxylic acids is 2. The molecule has 2 amide bonds. The monoisotopic (exact) mass is 564 g/mol. The van der Waals surface area contributed by atoms with E-state index < -0.39 is 0 Å². The number of benzene rings is 2. The van der Waals surface area contributed by atoms with Crippen LogP contribution >= 0.6 is 15.9 Å². The summed E-state index contributed by atoms with van der Waals surface area (Å²) < 4.78 is 0.991. The lowest BCUT2D eigenvalue weighted by Gasteiger charge is -2.48. The molecule has 37 heavy (non-hydrogen) atoms. The number of nitrogens with zero attached hydrogens (tertiary/aromatic N) is 3. The van der Waals surface area contributed by atoms with E-state index in [0.717, 1.165) is 59.7 Å². The van der Waals surface area contributed by atoms with Gasteiger partial charge in [-0.25, -0.2) is 0 Å². The molecule has 0 spiro atoms. The number of halogens is 1. The molecule has 0 radical (unpaired) electrons. The van der Waals surface area contributed by atoms with Crippen LogP contribution in [-0.2, 0) is 15.1 Å². The first kappa shape index (κ1) is 26.0. The maximum Gasteiger partial charge on any atom is 0.228 e. The zero-order valence-corrected chi connectivity index (χ0v) is 23.6. The number of aromatic amines is 1. The van der Waals surface area contributed by atoms with E-state index in [9.17, 15) is 9.59 Å². The second kappa shape index (κ2) is 10.6. The van der Waals surface area contributed by atoms with E-state index in [1.807, 2.05) is 30.2 Å². The first-order valence-electron chi connectivity index (χ1n) is 13.4. The standard InChI is InChI=1S/C30H37BrN4O2/c1-4-27(36)35-16-8-11-23(28(35)25-20-32-26-13-12-22(31)19-24(25)26)29(37)34-17-14-30(15-18-34,33(2)3)21-9-6-5-7-10-21/h5-7,9-10,12-13,19-20,23,28,32H,4,8,11,14-18H2,1-3H3. The van der Waals surface area contributed by atoms with Crippen molar-refractivity contribution < 1.29 is 9.59 Å². The van der Waals surface area contributed by atoms with Crippen LogP contribution in [0.5, 0.6) is 0 Å². The number of H-pyrrole nitrogens is 1. The predicted octanol–water partition coefficient (Wildman–Crippen LogP) is 5.70. The number of carbonyl (C=O) groups is 2. The molecular formula is C30H37BrN4O2. The highest BCUT2D eigenvalue weighted by molar-refractivity contribution is 9.10. The summed E-state index contributed by atoms with van der Waals surface area (Å²) in [6.45, 7) is 4.04. The van der Waals surface area contributed by atoms with Crippen LogP contribution in [0.4, 0.5) is 0 Å². The van der Waals surface area contributed by atoms with Gasteiger partial charge in [0.2, 0.25) is 11.8 Å². The van der Waals surface area contributed by atoms with E-state index in [-0.39, 0.29) is 29.3 Å². The number of aromatic nitrogens is 1. The van der Waals surface area contributed by atoms with Crippen molar-refractivity contribution >= 4 is 38.6 Å². The van der Waals surface area contributed by atoms with Gasteiger partial charge in [-0.2, -0.15) is 0 Å². The van der Waals surface area contributed by atoms with Crippen molar-refractivity contribution in [2.24, 2.45) is 5.92 Å². The Kier molecular flexibility index (Phi) is 7.46. The summed E-state index contributed by atoms with van der Waals surface area (Å²) in [5.74, 6) is 0.0513. The number of nitrogens with one attached hydrogen (secondary N) is 1. The highest BCUT2D eigenvalue weighted by Crippen LogP contribution is 2.43. The second-order valence-corrected chi connectivity index (χ2v) is 11.6. The van der Waals surface area contributed by atoms with Gasteiger partial charge in [-0.05, 0) is 63.5 Å². The molecule has 3 aromatic rings. The van der Waals surface area contributed by atoms with Gasteiger partial charge in [0.05, 0.1) is 12.0 Å². The number of amides is 2. The smallest absolute Gasteiger partial charge is 0.228 e. The molecule has 1 aromatic heterocycles. The quantitative estimate of drug-likeness (QED) is 0.432. The summed E-state index contributed by atoms with van der Waals surface area (Å²) in [7, 11) is 4.29. The third-order valence-corrected chi connectivity index (χ3v) is 9.13. The number of hydrogen-bond acceptors (Lipinski definition) is 3. The van der Waals surface area contributed by atoms with Gasteiger partial charge in [0, 0.05) is 58.7 Å². The van der Waals surface area contributed by atoms with Gasteiger partial charge in [-0.1, -0.05) is 53.2 Å². The number of rotatable bonds is 5. The van der Waals surface area contributed by atoms with Gasteiger partial charge in [0.1, 0.15) is 0 Å². The van der Waals surface area contributed by atoms with E-state index in [1.54, 1.807) is 0 Å². The Hall–Kier alpha value is -2.64. The molecule has 0 aliphatic carbocycles. The molecular weight excluding hydrogens is 528 g/mol. The maximum absolute atomic E-state index is 14.2. The lowest BCUT2D eigenvalue weighted by atomic mass is 9.78. The molecule has 2 unspecified atom stereocenters.